The fraction of sp³-hybridized carbons (Fsp3) is 0.429. The van der Waals surface area contributed by atoms with Gasteiger partial charge in [-0.25, -0.2) is 4.79 Å². The van der Waals surface area contributed by atoms with Crippen LogP contribution in [0.25, 0.3) is 0 Å². The van der Waals surface area contributed by atoms with Crippen molar-refractivity contribution in [2.24, 2.45) is 5.73 Å². The monoisotopic (exact) mass is 264 g/mol. The number of Topliss-reactive ketones (excluding diaryl/α,β-unsaturated/α-hetero) is 1. The molecule has 0 spiro atoms. The number of carbonyl (C=O) groups is 2. The van der Waals surface area contributed by atoms with Gasteiger partial charge in [0.25, 0.3) is 0 Å². The minimum absolute atomic E-state index is 0.173. The zero-order valence-electron chi connectivity index (χ0n) is 11.7. The van der Waals surface area contributed by atoms with E-state index in [0.717, 1.165) is 0 Å². The molecular weight excluding hydrogens is 244 g/mol. The van der Waals surface area contributed by atoms with Crippen molar-refractivity contribution in [2.75, 3.05) is 5.32 Å². The lowest BCUT2D eigenvalue weighted by molar-refractivity contribution is 0.0635. The molecular formula is C14H20N2O3. The molecule has 1 atom stereocenters. The van der Waals surface area contributed by atoms with E-state index in [-0.39, 0.29) is 5.78 Å². The van der Waals surface area contributed by atoms with Crippen molar-refractivity contribution in [3.8, 4) is 0 Å². The summed E-state index contributed by atoms with van der Waals surface area (Å²) >= 11 is 0. The minimum atomic E-state index is -0.572. The number of ether oxygens (including phenoxy) is 1. The highest BCUT2D eigenvalue weighted by Gasteiger charge is 2.17. The van der Waals surface area contributed by atoms with Gasteiger partial charge in [-0.15, -0.1) is 0 Å². The van der Waals surface area contributed by atoms with Crippen molar-refractivity contribution in [2.45, 2.75) is 39.3 Å². The Bertz CT molecular complexity index is 476. The zero-order valence-corrected chi connectivity index (χ0v) is 11.7. The molecule has 19 heavy (non-hydrogen) atoms. The first-order valence-electron chi connectivity index (χ1n) is 6.09. The average Bonchev–Trinajstić information content (AvgIpc) is 2.25. The molecule has 0 aliphatic heterocycles. The third-order valence-corrected chi connectivity index (χ3v) is 2.21. The van der Waals surface area contributed by atoms with Crippen molar-refractivity contribution < 1.29 is 14.3 Å². The first-order chi connectivity index (χ1) is 8.69. The Morgan fingerprint density at radius 3 is 2.47 bits per heavy atom. The van der Waals surface area contributed by atoms with Crippen LogP contribution in [0.4, 0.5) is 10.5 Å². The molecule has 1 amide bonds. The van der Waals surface area contributed by atoms with Gasteiger partial charge in [0, 0.05) is 11.3 Å². The first kappa shape index (κ1) is 15.2. The molecule has 1 unspecified atom stereocenters. The van der Waals surface area contributed by atoms with Crippen LogP contribution < -0.4 is 11.1 Å². The van der Waals surface area contributed by atoms with Gasteiger partial charge in [0.2, 0.25) is 0 Å². The van der Waals surface area contributed by atoms with Crippen LogP contribution in [0, 0.1) is 0 Å². The molecule has 0 bridgehead atoms. The summed E-state index contributed by atoms with van der Waals surface area (Å²) in [5, 5.41) is 2.58. The number of nitrogens with two attached hydrogens (primary N) is 1. The van der Waals surface area contributed by atoms with Crippen molar-refractivity contribution in [1.29, 1.82) is 0 Å². The highest BCUT2D eigenvalue weighted by Crippen LogP contribution is 2.14. The third-order valence-electron chi connectivity index (χ3n) is 2.21. The Labute approximate surface area is 113 Å². The van der Waals surface area contributed by atoms with Crippen LogP contribution in [0.15, 0.2) is 24.3 Å². The number of rotatable bonds is 3. The molecule has 0 aliphatic rings. The van der Waals surface area contributed by atoms with Gasteiger partial charge in [0.15, 0.2) is 5.78 Å². The van der Waals surface area contributed by atoms with Crippen LogP contribution >= 0.6 is 0 Å². The second kappa shape index (κ2) is 5.84. The van der Waals surface area contributed by atoms with Gasteiger partial charge >= 0.3 is 6.09 Å². The lowest BCUT2D eigenvalue weighted by Gasteiger charge is -2.19. The Balaban J connectivity index is 2.78. The van der Waals surface area contributed by atoms with E-state index in [1.165, 1.54) is 0 Å². The van der Waals surface area contributed by atoms with E-state index in [9.17, 15) is 9.59 Å². The van der Waals surface area contributed by atoms with E-state index in [0.29, 0.717) is 11.3 Å². The van der Waals surface area contributed by atoms with E-state index >= 15 is 0 Å². The molecule has 1 rings (SSSR count). The summed E-state index contributed by atoms with van der Waals surface area (Å²) in [6.45, 7) is 6.96. The van der Waals surface area contributed by atoms with Crippen LogP contribution in [0.3, 0.4) is 0 Å². The van der Waals surface area contributed by atoms with Gasteiger partial charge < -0.3 is 10.5 Å². The number of ketones is 1. The fourth-order valence-electron chi connectivity index (χ4n) is 1.43. The van der Waals surface area contributed by atoms with Crippen molar-refractivity contribution in [3.63, 3.8) is 0 Å². The van der Waals surface area contributed by atoms with Crippen LogP contribution in [0.2, 0.25) is 0 Å². The Morgan fingerprint density at radius 2 is 1.95 bits per heavy atom. The number of benzene rings is 1. The molecule has 0 heterocycles. The standard InChI is InChI=1S/C14H20N2O3/c1-9(15)12(17)10-6-5-7-11(8-10)16-13(18)19-14(2,3)4/h5-9H,15H2,1-4H3,(H,16,18). The van der Waals surface area contributed by atoms with Crippen LogP contribution in [0.1, 0.15) is 38.1 Å². The molecule has 5 heteroatoms. The normalized spacial score (nSPS) is 12.7. The van der Waals surface area contributed by atoms with Gasteiger partial charge in [0.1, 0.15) is 5.60 Å². The van der Waals surface area contributed by atoms with Crippen molar-refractivity contribution in [3.05, 3.63) is 29.8 Å². The van der Waals surface area contributed by atoms with Crippen LogP contribution in [-0.2, 0) is 4.74 Å². The van der Waals surface area contributed by atoms with Crippen LogP contribution in [-0.4, -0.2) is 23.5 Å². The summed E-state index contributed by atoms with van der Waals surface area (Å²) in [6, 6.07) is 6.03. The van der Waals surface area contributed by atoms with Crippen molar-refractivity contribution >= 4 is 17.6 Å². The van der Waals surface area contributed by atoms with Gasteiger partial charge in [-0.2, -0.15) is 0 Å². The molecule has 1 aromatic carbocycles. The van der Waals surface area contributed by atoms with E-state index in [1.54, 1.807) is 52.0 Å². The Kier molecular flexibility index (Phi) is 4.67. The predicted octanol–water partition coefficient (Wildman–Crippen LogP) is 2.56. The van der Waals surface area contributed by atoms with Gasteiger partial charge in [-0.05, 0) is 39.8 Å². The van der Waals surface area contributed by atoms with E-state index in [4.69, 9.17) is 10.5 Å². The summed E-state index contributed by atoms with van der Waals surface area (Å²) in [6.07, 6.45) is -0.558. The Morgan fingerprint density at radius 1 is 1.32 bits per heavy atom. The van der Waals surface area contributed by atoms with Crippen molar-refractivity contribution in [1.82, 2.24) is 0 Å². The smallest absolute Gasteiger partial charge is 0.412 e. The molecule has 0 radical (unpaired) electrons. The summed E-state index contributed by atoms with van der Waals surface area (Å²) in [7, 11) is 0. The SMILES string of the molecule is CC(N)C(=O)c1cccc(NC(=O)OC(C)(C)C)c1. The number of hydrogen-bond acceptors (Lipinski definition) is 4. The van der Waals surface area contributed by atoms with Gasteiger partial charge in [-0.3, -0.25) is 10.1 Å². The second-order valence-corrected chi connectivity index (χ2v) is 5.36. The summed E-state index contributed by atoms with van der Waals surface area (Å²) < 4.78 is 5.13. The van der Waals surface area contributed by atoms with E-state index in [2.05, 4.69) is 5.32 Å². The lowest BCUT2D eigenvalue weighted by atomic mass is 10.1. The number of carbonyl (C=O) groups excluding carboxylic acids is 2. The third kappa shape index (κ3) is 5.09. The number of amides is 1. The largest absolute Gasteiger partial charge is 0.444 e. The molecule has 0 fully saturated rings. The number of anilines is 1. The molecule has 104 valence electrons. The Hall–Kier alpha value is -1.88. The van der Waals surface area contributed by atoms with Gasteiger partial charge in [0.05, 0.1) is 6.04 Å². The minimum Gasteiger partial charge on any atom is -0.444 e. The van der Waals surface area contributed by atoms with E-state index in [1.807, 2.05) is 0 Å². The highest BCUT2D eigenvalue weighted by molar-refractivity contribution is 6.01. The summed E-state index contributed by atoms with van der Waals surface area (Å²) in [5.41, 5.74) is 5.94. The maximum atomic E-state index is 11.7. The molecule has 0 aliphatic carbocycles. The molecule has 3 N–H and O–H groups in total. The second-order valence-electron chi connectivity index (χ2n) is 5.36. The highest BCUT2D eigenvalue weighted by atomic mass is 16.6. The summed E-state index contributed by atoms with van der Waals surface area (Å²) in [4.78, 5) is 23.3. The number of nitrogens with one attached hydrogen (secondary N) is 1. The first-order valence-corrected chi connectivity index (χ1v) is 6.09. The molecule has 0 saturated carbocycles. The van der Waals surface area contributed by atoms with Crippen LogP contribution in [0.5, 0.6) is 0 Å². The molecule has 0 saturated heterocycles. The zero-order chi connectivity index (χ0) is 14.6. The average molecular weight is 264 g/mol. The predicted molar refractivity (Wildman–Crippen MR) is 74.3 cm³/mol. The molecule has 0 aromatic heterocycles. The summed E-state index contributed by atoms with van der Waals surface area (Å²) in [5.74, 6) is -0.173. The molecule has 1 aromatic rings. The topological polar surface area (TPSA) is 81.4 Å². The fourth-order valence-corrected chi connectivity index (χ4v) is 1.43. The van der Waals surface area contributed by atoms with Gasteiger partial charge in [-0.1, -0.05) is 12.1 Å². The lowest BCUT2D eigenvalue weighted by Crippen LogP contribution is -2.28. The maximum Gasteiger partial charge on any atom is 0.412 e. The quantitative estimate of drug-likeness (QED) is 0.822. The van der Waals surface area contributed by atoms with E-state index < -0.39 is 17.7 Å². The maximum absolute atomic E-state index is 11.7. The molecule has 5 nitrogen and oxygen atoms in total. The number of hydrogen-bond donors (Lipinski definition) is 2.